The Morgan fingerprint density at radius 3 is 2.40 bits per heavy atom. The summed E-state index contributed by atoms with van der Waals surface area (Å²) in [4.78, 5) is 24.3. The molecule has 5 nitrogen and oxygen atoms in total. The first-order valence-corrected chi connectivity index (χ1v) is 8.17. The van der Waals surface area contributed by atoms with E-state index in [1.54, 1.807) is 56.3 Å². The Hall–Kier alpha value is -2.66. The van der Waals surface area contributed by atoms with E-state index in [1.165, 1.54) is 6.92 Å². The van der Waals surface area contributed by atoms with E-state index in [1.807, 2.05) is 6.07 Å². The molecule has 0 unspecified atom stereocenters. The van der Waals surface area contributed by atoms with Crippen molar-refractivity contribution in [3.8, 4) is 5.75 Å². The van der Waals surface area contributed by atoms with Crippen LogP contribution in [0, 0.1) is 0 Å². The molecule has 2 atom stereocenters. The van der Waals surface area contributed by atoms with Gasteiger partial charge in [0.05, 0.1) is 6.04 Å². The number of rotatable bonds is 3. The smallest absolute Gasteiger partial charge is 0.251 e. The van der Waals surface area contributed by atoms with Crippen molar-refractivity contribution in [1.29, 1.82) is 0 Å². The summed E-state index contributed by atoms with van der Waals surface area (Å²) in [6.45, 7) is 5.01. The maximum absolute atomic E-state index is 12.6. The highest BCUT2D eigenvalue weighted by Crippen LogP contribution is 2.40. The Labute approximate surface area is 146 Å². The Morgan fingerprint density at radius 2 is 1.76 bits per heavy atom. The average molecular weight is 339 g/mol. The van der Waals surface area contributed by atoms with Crippen LogP contribution in [0.2, 0.25) is 0 Å². The average Bonchev–Trinajstić information content (AvgIpc) is 2.59. The van der Waals surface area contributed by atoms with Crippen LogP contribution in [0.5, 0.6) is 5.75 Å². The summed E-state index contributed by atoms with van der Waals surface area (Å²) in [5.41, 5.74) is 0.736. The number of ketones is 1. The number of aliphatic hydroxyl groups is 1. The molecular formula is C20H21NO4. The molecule has 0 saturated carbocycles. The largest absolute Gasteiger partial charge is 0.485 e. The lowest BCUT2D eigenvalue weighted by atomic mass is 9.85. The minimum absolute atomic E-state index is 0.0877. The molecule has 25 heavy (non-hydrogen) atoms. The fraction of sp³-hybridized carbons (Fsp3) is 0.300. The molecule has 3 rings (SSSR count). The molecule has 2 aromatic rings. The second-order valence-electron chi connectivity index (χ2n) is 6.78. The van der Waals surface area contributed by atoms with Gasteiger partial charge in [-0.2, -0.15) is 0 Å². The van der Waals surface area contributed by atoms with Gasteiger partial charge in [0.15, 0.2) is 5.78 Å². The van der Waals surface area contributed by atoms with E-state index in [9.17, 15) is 14.7 Å². The van der Waals surface area contributed by atoms with Gasteiger partial charge in [0.25, 0.3) is 5.91 Å². The van der Waals surface area contributed by atoms with Gasteiger partial charge in [0.2, 0.25) is 0 Å². The number of hydrogen-bond acceptors (Lipinski definition) is 4. The minimum Gasteiger partial charge on any atom is -0.485 e. The lowest BCUT2D eigenvalue weighted by Gasteiger charge is -2.42. The number of amides is 1. The third kappa shape index (κ3) is 3.28. The second kappa shape index (κ2) is 6.33. The molecular weight excluding hydrogens is 318 g/mol. The number of aliphatic hydroxyl groups excluding tert-OH is 1. The first-order valence-electron chi connectivity index (χ1n) is 8.17. The zero-order valence-corrected chi connectivity index (χ0v) is 14.4. The quantitative estimate of drug-likeness (QED) is 0.843. The number of Topliss-reactive ketones (excluding diaryl/α,β-unsaturated/α-hetero) is 1. The van der Waals surface area contributed by atoms with Crippen molar-refractivity contribution in [2.75, 3.05) is 0 Å². The minimum atomic E-state index is -0.963. The van der Waals surface area contributed by atoms with Gasteiger partial charge >= 0.3 is 0 Å². The summed E-state index contributed by atoms with van der Waals surface area (Å²) >= 11 is 0. The van der Waals surface area contributed by atoms with Gasteiger partial charge in [-0.1, -0.05) is 18.2 Å². The van der Waals surface area contributed by atoms with Gasteiger partial charge in [-0.05, 0) is 51.1 Å². The third-order valence-corrected chi connectivity index (χ3v) is 4.47. The molecule has 0 spiro atoms. The van der Waals surface area contributed by atoms with E-state index in [-0.39, 0.29) is 11.7 Å². The van der Waals surface area contributed by atoms with Crippen molar-refractivity contribution >= 4 is 11.7 Å². The molecule has 2 aromatic carbocycles. The van der Waals surface area contributed by atoms with Crippen molar-refractivity contribution in [3.05, 3.63) is 65.2 Å². The van der Waals surface area contributed by atoms with Gasteiger partial charge in [-0.3, -0.25) is 9.59 Å². The van der Waals surface area contributed by atoms with E-state index in [0.717, 1.165) is 0 Å². The number of nitrogens with one attached hydrogen (secondary N) is 1. The Morgan fingerprint density at radius 1 is 1.08 bits per heavy atom. The van der Waals surface area contributed by atoms with Crippen LogP contribution in [0.25, 0.3) is 0 Å². The second-order valence-corrected chi connectivity index (χ2v) is 6.78. The standard InChI is InChI=1S/C20H21NO4/c1-12(22)14-9-10-16-15(11-14)17(18(23)20(2,3)25-16)21-19(24)13-7-5-4-6-8-13/h4-11,17-18,23H,1-3H3,(H,21,24)/t17-,18+/m0/s1. The number of carbonyl (C=O) groups is 2. The van der Waals surface area contributed by atoms with Crippen molar-refractivity contribution in [1.82, 2.24) is 5.32 Å². The highest BCUT2D eigenvalue weighted by Gasteiger charge is 2.43. The summed E-state index contributed by atoms with van der Waals surface area (Å²) in [6, 6.07) is 13.2. The predicted octanol–water partition coefficient (Wildman–Crippen LogP) is 2.89. The van der Waals surface area contributed by atoms with Crippen LogP contribution in [-0.4, -0.2) is 28.5 Å². The van der Waals surface area contributed by atoms with Gasteiger partial charge < -0.3 is 15.2 Å². The van der Waals surface area contributed by atoms with Gasteiger partial charge in [-0.25, -0.2) is 0 Å². The maximum Gasteiger partial charge on any atom is 0.251 e. The fourth-order valence-electron chi connectivity index (χ4n) is 2.99. The molecule has 1 amide bonds. The van der Waals surface area contributed by atoms with Crippen LogP contribution in [-0.2, 0) is 0 Å². The van der Waals surface area contributed by atoms with Crippen LogP contribution >= 0.6 is 0 Å². The van der Waals surface area contributed by atoms with E-state index < -0.39 is 17.7 Å². The molecule has 5 heteroatoms. The van der Waals surface area contributed by atoms with E-state index in [2.05, 4.69) is 5.32 Å². The summed E-state index contributed by atoms with van der Waals surface area (Å²) in [7, 11) is 0. The zero-order valence-electron chi connectivity index (χ0n) is 14.4. The van der Waals surface area contributed by atoms with Gasteiger partial charge in [0.1, 0.15) is 17.5 Å². The van der Waals surface area contributed by atoms with Gasteiger partial charge in [0, 0.05) is 16.7 Å². The molecule has 0 saturated heterocycles. The lowest BCUT2D eigenvalue weighted by molar-refractivity contribution is -0.0627. The first-order chi connectivity index (χ1) is 11.8. The Balaban J connectivity index is 2.00. The van der Waals surface area contributed by atoms with E-state index in [4.69, 9.17) is 4.74 Å². The summed E-state index contributed by atoms with van der Waals surface area (Å²) in [5, 5.41) is 13.6. The van der Waals surface area contributed by atoms with Crippen molar-refractivity contribution in [2.24, 2.45) is 0 Å². The molecule has 130 valence electrons. The SMILES string of the molecule is CC(=O)c1ccc2c(c1)[C@H](NC(=O)c1ccccc1)[C@@H](O)C(C)(C)O2. The Kier molecular flexibility index (Phi) is 4.35. The van der Waals surface area contributed by atoms with Crippen molar-refractivity contribution < 1.29 is 19.4 Å². The molecule has 1 aliphatic heterocycles. The normalized spacial score (nSPS) is 21.0. The number of fused-ring (bicyclic) bond motifs is 1. The summed E-state index contributed by atoms with van der Waals surface area (Å²) < 4.78 is 5.87. The van der Waals surface area contributed by atoms with Gasteiger partial charge in [-0.15, -0.1) is 0 Å². The molecule has 0 bridgehead atoms. The fourth-order valence-corrected chi connectivity index (χ4v) is 2.99. The van der Waals surface area contributed by atoms with E-state index >= 15 is 0 Å². The number of ether oxygens (including phenoxy) is 1. The topological polar surface area (TPSA) is 75.6 Å². The van der Waals surface area contributed by atoms with Crippen LogP contribution in [0.3, 0.4) is 0 Å². The third-order valence-electron chi connectivity index (χ3n) is 4.47. The van der Waals surface area contributed by atoms with E-state index in [0.29, 0.717) is 22.4 Å². The summed E-state index contributed by atoms with van der Waals surface area (Å²) in [6.07, 6.45) is -0.963. The molecule has 1 aliphatic rings. The molecule has 1 heterocycles. The number of hydrogen-bond donors (Lipinski definition) is 2. The van der Waals surface area contributed by atoms with Crippen LogP contribution in [0.15, 0.2) is 48.5 Å². The summed E-state index contributed by atoms with van der Waals surface area (Å²) in [5.74, 6) is 0.176. The number of carbonyl (C=O) groups excluding carboxylic acids is 2. The van der Waals surface area contributed by atoms with Crippen LogP contribution in [0.1, 0.15) is 53.1 Å². The lowest BCUT2D eigenvalue weighted by Crippen LogP contribution is -2.53. The van der Waals surface area contributed by atoms with Crippen LogP contribution < -0.4 is 10.1 Å². The monoisotopic (exact) mass is 339 g/mol. The predicted molar refractivity (Wildman–Crippen MR) is 93.8 cm³/mol. The molecule has 0 aromatic heterocycles. The highest BCUT2D eigenvalue weighted by molar-refractivity contribution is 5.95. The molecule has 0 fully saturated rings. The molecule has 2 N–H and O–H groups in total. The van der Waals surface area contributed by atoms with Crippen LogP contribution in [0.4, 0.5) is 0 Å². The zero-order chi connectivity index (χ0) is 18.2. The molecule has 0 radical (unpaired) electrons. The van der Waals surface area contributed by atoms with Crippen molar-refractivity contribution in [2.45, 2.75) is 38.5 Å². The first kappa shape index (κ1) is 17.2. The Bertz CT molecular complexity index is 814. The molecule has 0 aliphatic carbocycles. The highest BCUT2D eigenvalue weighted by atomic mass is 16.5. The number of benzene rings is 2. The van der Waals surface area contributed by atoms with Crippen molar-refractivity contribution in [3.63, 3.8) is 0 Å². The maximum atomic E-state index is 12.6.